The Morgan fingerprint density at radius 1 is 1.14 bits per heavy atom. The number of aliphatic hydroxyl groups excluding tert-OH is 3. The van der Waals surface area contributed by atoms with Crippen LogP contribution in [0.3, 0.4) is 0 Å². The summed E-state index contributed by atoms with van der Waals surface area (Å²) in [5.41, 5.74) is 0. The van der Waals surface area contributed by atoms with E-state index in [-0.39, 0.29) is 37.7 Å². The van der Waals surface area contributed by atoms with Gasteiger partial charge in [0.25, 0.3) is 0 Å². The van der Waals surface area contributed by atoms with Crippen LogP contribution in [0.25, 0.3) is 0 Å². The van der Waals surface area contributed by atoms with Crippen LogP contribution in [0.4, 0.5) is 0 Å². The zero-order valence-corrected chi connectivity index (χ0v) is 9.25. The minimum absolute atomic E-state index is 0. The summed E-state index contributed by atoms with van der Waals surface area (Å²) >= 11 is 0. The van der Waals surface area contributed by atoms with E-state index < -0.39 is 36.4 Å². The third-order valence-electron chi connectivity index (χ3n) is 1.25. The Labute approximate surface area is 108 Å². The number of ketones is 2. The second kappa shape index (κ2) is 7.27. The van der Waals surface area contributed by atoms with Crippen LogP contribution in [-0.4, -0.2) is 89.4 Å². The first-order valence-electron chi connectivity index (χ1n) is 3.16. The maximum absolute atomic E-state index is 10.5. The molecular weight excluding hydrogens is 224 g/mol. The molecule has 0 spiro atoms. The third-order valence-corrected chi connectivity index (χ3v) is 1.25. The van der Waals surface area contributed by atoms with Gasteiger partial charge in [0, 0.05) is 0 Å². The maximum Gasteiger partial charge on any atom is 2.00 e. The summed E-state index contributed by atoms with van der Waals surface area (Å²) in [5.74, 6) is -5.27. The van der Waals surface area contributed by atoms with Crippen molar-refractivity contribution in [3.63, 3.8) is 0 Å². The molecule has 2 atom stereocenters. The van der Waals surface area contributed by atoms with Crippen molar-refractivity contribution in [3.05, 3.63) is 0 Å². The van der Waals surface area contributed by atoms with Crippen LogP contribution < -0.4 is 5.11 Å². The third kappa shape index (κ3) is 4.45. The van der Waals surface area contributed by atoms with E-state index in [2.05, 4.69) is 0 Å². The van der Waals surface area contributed by atoms with Gasteiger partial charge in [0.1, 0.15) is 18.7 Å². The Kier molecular flexibility index (Phi) is 8.51. The van der Waals surface area contributed by atoms with E-state index in [1.165, 1.54) is 0 Å². The molecule has 74 valence electrons. The SMILES string of the molecule is O=C([O-])C(=O)C(O)C(O)C(=O)CO.[Ca+2]. The van der Waals surface area contributed by atoms with Gasteiger partial charge in [0.05, 0.1) is 0 Å². The smallest absolute Gasteiger partial charge is 0.542 e. The van der Waals surface area contributed by atoms with Gasteiger partial charge in [0.15, 0.2) is 11.9 Å². The first-order chi connectivity index (χ1) is 5.91. The molecule has 0 heterocycles. The summed E-state index contributed by atoms with van der Waals surface area (Å²) in [6.45, 7) is -1.10. The molecule has 2 unspecified atom stereocenters. The zero-order valence-electron chi connectivity index (χ0n) is 7.04. The van der Waals surface area contributed by atoms with Gasteiger partial charge in [-0.1, -0.05) is 0 Å². The van der Waals surface area contributed by atoms with Crippen molar-refractivity contribution in [2.75, 3.05) is 6.61 Å². The quantitative estimate of drug-likeness (QED) is 0.319. The minimum atomic E-state index is -2.40. The second-order valence-corrected chi connectivity index (χ2v) is 2.17. The molecule has 8 heteroatoms. The number of carbonyl (C=O) groups excluding carboxylic acids is 3. The van der Waals surface area contributed by atoms with Crippen LogP contribution >= 0.6 is 0 Å². The second-order valence-electron chi connectivity index (χ2n) is 2.17. The molecule has 0 aliphatic heterocycles. The van der Waals surface area contributed by atoms with Crippen molar-refractivity contribution in [2.45, 2.75) is 12.2 Å². The van der Waals surface area contributed by atoms with E-state index in [0.717, 1.165) is 0 Å². The summed E-state index contributed by atoms with van der Waals surface area (Å²) in [5, 5.41) is 35.5. The van der Waals surface area contributed by atoms with Gasteiger partial charge in [-0.3, -0.25) is 9.59 Å². The molecule has 0 aromatic heterocycles. The molecule has 0 saturated heterocycles. The molecule has 0 aliphatic carbocycles. The van der Waals surface area contributed by atoms with E-state index >= 15 is 0 Å². The standard InChI is InChI=1S/C6H8O7.Ca/c7-1-2(8)3(9)4(10)5(11)6(12)13;/h3-4,7,9-10H,1H2,(H,12,13);/q;+2/p-1. The summed E-state index contributed by atoms with van der Waals surface area (Å²) in [6.07, 6.45) is -4.64. The molecule has 0 rings (SSSR count). The first kappa shape index (κ1) is 16.4. The Balaban J connectivity index is 0. The van der Waals surface area contributed by atoms with Crippen molar-refractivity contribution in [1.29, 1.82) is 0 Å². The monoisotopic (exact) mass is 231 g/mol. The number of rotatable bonds is 5. The van der Waals surface area contributed by atoms with Gasteiger partial charge in [-0.25, -0.2) is 0 Å². The van der Waals surface area contributed by atoms with E-state index in [0.29, 0.717) is 0 Å². The summed E-state index contributed by atoms with van der Waals surface area (Å²) < 4.78 is 0. The fraction of sp³-hybridized carbons (Fsp3) is 0.500. The number of aliphatic carboxylic acids is 1. The molecule has 7 nitrogen and oxygen atoms in total. The topological polar surface area (TPSA) is 135 Å². The van der Waals surface area contributed by atoms with Gasteiger partial charge in [0.2, 0.25) is 5.78 Å². The molecule has 0 aromatic rings. The normalized spacial score (nSPS) is 13.6. The number of hydrogen-bond acceptors (Lipinski definition) is 7. The van der Waals surface area contributed by atoms with E-state index in [1.54, 1.807) is 0 Å². The van der Waals surface area contributed by atoms with Gasteiger partial charge in [-0.2, -0.15) is 0 Å². The predicted octanol–water partition coefficient (Wildman–Crippen LogP) is -4.79. The van der Waals surface area contributed by atoms with Gasteiger partial charge < -0.3 is 25.2 Å². The minimum Gasteiger partial charge on any atom is -0.542 e. The predicted molar refractivity (Wildman–Crippen MR) is 39.9 cm³/mol. The number of Topliss-reactive ketones (excluding diaryl/α,β-unsaturated/α-hetero) is 2. The van der Waals surface area contributed by atoms with Crippen molar-refractivity contribution in [3.8, 4) is 0 Å². The average Bonchev–Trinajstić information content (AvgIpc) is 2.12. The molecular formula is C6H7CaO7+. The largest absolute Gasteiger partial charge is 2.00 e. The Morgan fingerprint density at radius 3 is 1.86 bits per heavy atom. The van der Waals surface area contributed by atoms with E-state index in [1.807, 2.05) is 0 Å². The summed E-state index contributed by atoms with van der Waals surface area (Å²) in [7, 11) is 0. The molecule has 3 N–H and O–H groups in total. The molecule has 0 aromatic carbocycles. The molecule has 0 amide bonds. The fourth-order valence-electron chi connectivity index (χ4n) is 0.534. The molecule has 0 radical (unpaired) electrons. The number of carboxylic acids is 1. The molecule has 14 heavy (non-hydrogen) atoms. The van der Waals surface area contributed by atoms with Crippen LogP contribution in [0.2, 0.25) is 0 Å². The first-order valence-corrected chi connectivity index (χ1v) is 3.16. The Bertz CT molecular complexity index is 238. The zero-order chi connectivity index (χ0) is 10.6. The average molecular weight is 231 g/mol. The van der Waals surface area contributed by atoms with Crippen molar-refractivity contribution >= 4 is 55.3 Å². The van der Waals surface area contributed by atoms with Gasteiger partial charge in [-0.15, -0.1) is 0 Å². The van der Waals surface area contributed by atoms with Gasteiger partial charge in [-0.05, 0) is 0 Å². The van der Waals surface area contributed by atoms with Crippen molar-refractivity contribution in [1.82, 2.24) is 0 Å². The Hall–Kier alpha value is -0.0503. The van der Waals surface area contributed by atoms with E-state index in [4.69, 9.17) is 15.3 Å². The summed E-state index contributed by atoms with van der Waals surface area (Å²) in [6, 6.07) is 0. The van der Waals surface area contributed by atoms with Crippen molar-refractivity contribution < 1.29 is 34.8 Å². The van der Waals surface area contributed by atoms with Crippen LogP contribution in [0.5, 0.6) is 0 Å². The van der Waals surface area contributed by atoms with Gasteiger partial charge >= 0.3 is 37.7 Å². The molecule has 0 bridgehead atoms. The van der Waals surface area contributed by atoms with Crippen LogP contribution in [-0.2, 0) is 14.4 Å². The Morgan fingerprint density at radius 2 is 1.57 bits per heavy atom. The molecule has 0 aliphatic rings. The maximum atomic E-state index is 10.5. The van der Waals surface area contributed by atoms with Crippen LogP contribution in [0.15, 0.2) is 0 Å². The van der Waals surface area contributed by atoms with E-state index in [9.17, 15) is 19.5 Å². The summed E-state index contributed by atoms with van der Waals surface area (Å²) in [4.78, 5) is 30.7. The number of aliphatic hydroxyl groups is 3. The van der Waals surface area contributed by atoms with Crippen LogP contribution in [0.1, 0.15) is 0 Å². The number of carboxylic acid groups (broad SMARTS) is 1. The van der Waals surface area contributed by atoms with Crippen molar-refractivity contribution in [2.24, 2.45) is 0 Å². The fourth-order valence-corrected chi connectivity index (χ4v) is 0.534. The number of hydrogen-bond donors (Lipinski definition) is 3. The molecule has 0 fully saturated rings. The van der Waals surface area contributed by atoms with Crippen LogP contribution in [0, 0.1) is 0 Å². The number of carbonyl (C=O) groups is 3. The molecule has 0 saturated carbocycles.